The molecule has 6 heteroatoms. The van der Waals surface area contributed by atoms with Gasteiger partial charge >= 0.3 is 5.97 Å². The first-order chi connectivity index (χ1) is 10.2. The number of ether oxygens (including phenoxy) is 2. The van der Waals surface area contributed by atoms with Crippen molar-refractivity contribution >= 4 is 23.6 Å². The van der Waals surface area contributed by atoms with E-state index in [4.69, 9.17) is 9.47 Å². The van der Waals surface area contributed by atoms with E-state index >= 15 is 0 Å². The first-order valence-electron chi connectivity index (χ1n) is 6.92. The third kappa shape index (κ3) is 4.75. The predicted octanol–water partition coefficient (Wildman–Crippen LogP) is 1.86. The van der Waals surface area contributed by atoms with Gasteiger partial charge in [0.2, 0.25) is 0 Å². The van der Waals surface area contributed by atoms with Gasteiger partial charge in [0.15, 0.2) is 6.61 Å². The Morgan fingerprint density at radius 3 is 2.95 bits per heavy atom. The van der Waals surface area contributed by atoms with Gasteiger partial charge in [0.05, 0.1) is 11.7 Å². The second kappa shape index (κ2) is 8.05. The third-order valence-electron chi connectivity index (χ3n) is 3.17. The van der Waals surface area contributed by atoms with E-state index in [1.165, 1.54) is 7.05 Å². The van der Waals surface area contributed by atoms with Crippen molar-refractivity contribution in [1.82, 2.24) is 5.32 Å². The van der Waals surface area contributed by atoms with Crippen LogP contribution in [-0.2, 0) is 14.3 Å². The number of thioether (sulfide) groups is 1. The van der Waals surface area contributed by atoms with E-state index in [0.29, 0.717) is 5.56 Å². The largest absolute Gasteiger partial charge is 0.452 e. The van der Waals surface area contributed by atoms with Crippen molar-refractivity contribution in [2.45, 2.75) is 23.8 Å². The number of likely N-dealkylation sites (N-methyl/N-ethyl adjacent to an activating group) is 1. The summed E-state index contributed by atoms with van der Waals surface area (Å²) >= 11 is 1.59. The summed E-state index contributed by atoms with van der Waals surface area (Å²) < 4.78 is 10.6. The van der Waals surface area contributed by atoms with Gasteiger partial charge in [-0.2, -0.15) is 0 Å². The Morgan fingerprint density at radius 1 is 1.43 bits per heavy atom. The average Bonchev–Trinajstić information content (AvgIpc) is 3.04. The highest BCUT2D eigenvalue weighted by Crippen LogP contribution is 2.27. The SMILES string of the molecule is CNC(=O)COC(=O)c1ccccc1SC[C@@H]1CCCO1. The Hall–Kier alpha value is -1.53. The normalized spacial score (nSPS) is 17.5. The lowest BCUT2D eigenvalue weighted by Gasteiger charge is -2.11. The van der Waals surface area contributed by atoms with Crippen LogP contribution >= 0.6 is 11.8 Å². The number of carbonyl (C=O) groups is 2. The molecule has 5 nitrogen and oxygen atoms in total. The van der Waals surface area contributed by atoms with Gasteiger partial charge in [0.25, 0.3) is 5.91 Å². The van der Waals surface area contributed by atoms with Gasteiger partial charge in [0, 0.05) is 24.3 Å². The van der Waals surface area contributed by atoms with Crippen LogP contribution in [0.4, 0.5) is 0 Å². The molecular weight excluding hydrogens is 290 g/mol. The topological polar surface area (TPSA) is 64.6 Å². The fourth-order valence-electron chi connectivity index (χ4n) is 2.00. The monoisotopic (exact) mass is 309 g/mol. The molecule has 0 aliphatic carbocycles. The molecule has 1 heterocycles. The summed E-state index contributed by atoms with van der Waals surface area (Å²) in [4.78, 5) is 24.0. The molecule has 1 aliphatic rings. The Bertz CT molecular complexity index is 500. The Kier molecular flexibility index (Phi) is 6.07. The van der Waals surface area contributed by atoms with Crippen molar-refractivity contribution in [3.63, 3.8) is 0 Å². The lowest BCUT2D eigenvalue weighted by atomic mass is 10.2. The van der Waals surface area contributed by atoms with E-state index in [-0.39, 0.29) is 18.6 Å². The van der Waals surface area contributed by atoms with Crippen LogP contribution in [0, 0.1) is 0 Å². The van der Waals surface area contributed by atoms with Crippen molar-refractivity contribution < 1.29 is 19.1 Å². The maximum Gasteiger partial charge on any atom is 0.339 e. The van der Waals surface area contributed by atoms with Crippen LogP contribution in [-0.4, -0.2) is 44.0 Å². The summed E-state index contributed by atoms with van der Waals surface area (Å²) in [6.45, 7) is 0.557. The van der Waals surface area contributed by atoms with Gasteiger partial charge in [0.1, 0.15) is 0 Å². The van der Waals surface area contributed by atoms with Crippen molar-refractivity contribution in [2.24, 2.45) is 0 Å². The zero-order valence-electron chi connectivity index (χ0n) is 12.0. The summed E-state index contributed by atoms with van der Waals surface area (Å²) in [5.41, 5.74) is 0.490. The molecule has 114 valence electrons. The molecule has 1 aromatic carbocycles. The Morgan fingerprint density at radius 2 is 2.24 bits per heavy atom. The number of rotatable bonds is 6. The number of hydrogen-bond donors (Lipinski definition) is 1. The molecule has 1 amide bonds. The predicted molar refractivity (Wildman–Crippen MR) is 80.5 cm³/mol. The zero-order chi connectivity index (χ0) is 15.1. The lowest BCUT2D eigenvalue weighted by molar-refractivity contribution is -0.123. The second-order valence-corrected chi connectivity index (χ2v) is 5.75. The summed E-state index contributed by atoms with van der Waals surface area (Å²) in [5.74, 6) is 0.0154. The molecule has 21 heavy (non-hydrogen) atoms. The average molecular weight is 309 g/mol. The van der Waals surface area contributed by atoms with Crippen LogP contribution in [0.15, 0.2) is 29.2 Å². The minimum absolute atomic E-state index is 0.255. The second-order valence-electron chi connectivity index (χ2n) is 4.69. The first kappa shape index (κ1) is 15.9. The summed E-state index contributed by atoms with van der Waals surface area (Å²) in [6, 6.07) is 7.26. The van der Waals surface area contributed by atoms with E-state index in [2.05, 4.69) is 5.32 Å². The quantitative estimate of drug-likeness (QED) is 0.642. The number of benzene rings is 1. The smallest absolute Gasteiger partial charge is 0.339 e. The van der Waals surface area contributed by atoms with Crippen LogP contribution in [0.1, 0.15) is 23.2 Å². The van der Waals surface area contributed by atoms with Crippen LogP contribution < -0.4 is 5.32 Å². The minimum atomic E-state index is -0.478. The van der Waals surface area contributed by atoms with Gasteiger partial charge in [-0.1, -0.05) is 12.1 Å². The number of carbonyl (C=O) groups excluding carboxylic acids is 2. The van der Waals surface area contributed by atoms with Crippen molar-refractivity contribution in [1.29, 1.82) is 0 Å². The molecule has 1 aromatic rings. The number of esters is 1. The standard InChI is InChI=1S/C15H19NO4S/c1-16-14(17)9-20-15(18)12-6-2-3-7-13(12)21-10-11-5-4-8-19-11/h2-3,6-7,11H,4-5,8-10H2,1H3,(H,16,17)/t11-/m0/s1. The summed E-state index contributed by atoms with van der Waals surface area (Å²) in [5, 5.41) is 2.41. The number of amides is 1. The molecule has 1 atom stereocenters. The molecule has 1 saturated heterocycles. The van der Waals surface area contributed by atoms with E-state index in [1.807, 2.05) is 12.1 Å². The highest BCUT2D eigenvalue weighted by Gasteiger charge is 2.18. The third-order valence-corrected chi connectivity index (χ3v) is 4.37. The number of hydrogen-bond acceptors (Lipinski definition) is 5. The Labute approximate surface area is 128 Å². The van der Waals surface area contributed by atoms with Crippen LogP contribution in [0.25, 0.3) is 0 Å². The zero-order valence-corrected chi connectivity index (χ0v) is 12.8. The molecule has 0 bridgehead atoms. The molecule has 0 aromatic heterocycles. The molecule has 0 spiro atoms. The molecule has 2 rings (SSSR count). The van der Waals surface area contributed by atoms with E-state index in [9.17, 15) is 9.59 Å². The summed E-state index contributed by atoms with van der Waals surface area (Å²) in [6.07, 6.45) is 2.42. The van der Waals surface area contributed by atoms with E-state index in [1.54, 1.807) is 23.9 Å². The highest BCUT2D eigenvalue weighted by molar-refractivity contribution is 7.99. The molecule has 0 radical (unpaired) electrons. The first-order valence-corrected chi connectivity index (χ1v) is 7.90. The summed E-state index contributed by atoms with van der Waals surface area (Å²) in [7, 11) is 1.50. The van der Waals surface area contributed by atoms with Gasteiger partial charge in [-0.3, -0.25) is 4.79 Å². The van der Waals surface area contributed by atoms with E-state index in [0.717, 1.165) is 30.1 Å². The van der Waals surface area contributed by atoms with Gasteiger partial charge in [-0.15, -0.1) is 11.8 Å². The van der Waals surface area contributed by atoms with Gasteiger partial charge in [-0.25, -0.2) is 4.79 Å². The molecular formula is C15H19NO4S. The lowest BCUT2D eigenvalue weighted by Crippen LogP contribution is -2.25. The maximum atomic E-state index is 12.0. The van der Waals surface area contributed by atoms with Crippen LogP contribution in [0.3, 0.4) is 0 Å². The molecule has 0 saturated carbocycles. The fraction of sp³-hybridized carbons (Fsp3) is 0.467. The van der Waals surface area contributed by atoms with Gasteiger partial charge in [-0.05, 0) is 25.0 Å². The van der Waals surface area contributed by atoms with Crippen molar-refractivity contribution in [3.05, 3.63) is 29.8 Å². The van der Waals surface area contributed by atoms with Crippen molar-refractivity contribution in [2.75, 3.05) is 26.0 Å². The highest BCUT2D eigenvalue weighted by atomic mass is 32.2. The van der Waals surface area contributed by atoms with Crippen molar-refractivity contribution in [3.8, 4) is 0 Å². The Balaban J connectivity index is 1.94. The molecule has 1 N–H and O–H groups in total. The van der Waals surface area contributed by atoms with Crippen LogP contribution in [0.2, 0.25) is 0 Å². The van der Waals surface area contributed by atoms with E-state index < -0.39 is 5.97 Å². The molecule has 1 aliphatic heterocycles. The maximum absolute atomic E-state index is 12.0. The van der Waals surface area contributed by atoms with Gasteiger partial charge < -0.3 is 14.8 Å². The number of nitrogens with one attached hydrogen (secondary N) is 1. The van der Waals surface area contributed by atoms with Crippen LogP contribution in [0.5, 0.6) is 0 Å². The fourth-order valence-corrected chi connectivity index (χ4v) is 3.11. The minimum Gasteiger partial charge on any atom is -0.452 e. The molecule has 1 fully saturated rings. The molecule has 0 unspecified atom stereocenters.